The number of piperidine rings is 1. The van der Waals surface area contributed by atoms with E-state index in [4.69, 9.17) is 11.6 Å². The van der Waals surface area contributed by atoms with Crippen LogP contribution in [0.3, 0.4) is 0 Å². The number of alkyl halides is 1. The van der Waals surface area contributed by atoms with Crippen molar-refractivity contribution in [2.45, 2.75) is 26.2 Å². The van der Waals surface area contributed by atoms with Crippen molar-refractivity contribution in [2.75, 3.05) is 19.0 Å². The van der Waals surface area contributed by atoms with Crippen LogP contribution in [0.1, 0.15) is 33.8 Å². The molecule has 0 N–H and O–H groups in total. The molecule has 0 spiro atoms. The first-order valence-electron chi connectivity index (χ1n) is 6.12. The number of rotatable bonds is 3. The molecule has 94 valence electrons. The highest BCUT2D eigenvalue weighted by atomic mass is 35.5. The Morgan fingerprint density at radius 3 is 3.06 bits per heavy atom. The molecule has 4 heteroatoms. The summed E-state index contributed by atoms with van der Waals surface area (Å²) in [5.41, 5.74) is 0. The van der Waals surface area contributed by atoms with E-state index in [1.165, 1.54) is 11.3 Å². The normalized spacial score (nSPS) is 20.6. The highest BCUT2D eigenvalue weighted by Gasteiger charge is 2.24. The predicted molar refractivity (Wildman–Crippen MR) is 73.0 cm³/mol. The van der Waals surface area contributed by atoms with Gasteiger partial charge in [-0.05, 0) is 44.2 Å². The Kier molecular flexibility index (Phi) is 4.46. The van der Waals surface area contributed by atoms with Crippen molar-refractivity contribution in [2.24, 2.45) is 5.92 Å². The van der Waals surface area contributed by atoms with Gasteiger partial charge in [-0.1, -0.05) is 0 Å². The molecule has 1 unspecified atom stereocenters. The summed E-state index contributed by atoms with van der Waals surface area (Å²) in [6.07, 6.45) is 3.34. The minimum atomic E-state index is 0.197. The molecule has 1 aliphatic heterocycles. The van der Waals surface area contributed by atoms with Gasteiger partial charge in [-0.15, -0.1) is 22.9 Å². The molecule has 0 saturated carbocycles. The van der Waals surface area contributed by atoms with Crippen molar-refractivity contribution in [3.05, 3.63) is 21.9 Å². The van der Waals surface area contributed by atoms with Crippen LogP contribution in [0.5, 0.6) is 0 Å². The van der Waals surface area contributed by atoms with E-state index in [0.717, 1.165) is 30.8 Å². The summed E-state index contributed by atoms with van der Waals surface area (Å²) in [5, 5.41) is 0. The number of halogens is 1. The number of nitrogens with zero attached hydrogens (tertiary/aromatic N) is 1. The Morgan fingerprint density at radius 1 is 1.59 bits per heavy atom. The molecule has 1 amide bonds. The number of carbonyl (C=O) groups excluding carboxylic acids is 1. The van der Waals surface area contributed by atoms with E-state index in [9.17, 15) is 4.79 Å². The second-order valence-electron chi connectivity index (χ2n) is 4.65. The summed E-state index contributed by atoms with van der Waals surface area (Å²) < 4.78 is 0. The molecule has 1 fully saturated rings. The van der Waals surface area contributed by atoms with E-state index in [2.05, 4.69) is 0 Å². The van der Waals surface area contributed by atoms with Crippen molar-refractivity contribution in [1.29, 1.82) is 0 Å². The van der Waals surface area contributed by atoms with Crippen LogP contribution in [0.25, 0.3) is 0 Å². The minimum absolute atomic E-state index is 0.197. The van der Waals surface area contributed by atoms with E-state index in [1.54, 1.807) is 11.3 Å². The van der Waals surface area contributed by atoms with Crippen molar-refractivity contribution < 1.29 is 4.79 Å². The van der Waals surface area contributed by atoms with Gasteiger partial charge in [0.05, 0.1) is 4.88 Å². The molecule has 0 aromatic carbocycles. The Morgan fingerprint density at radius 2 is 2.41 bits per heavy atom. The summed E-state index contributed by atoms with van der Waals surface area (Å²) in [6, 6.07) is 3.95. The molecule has 1 aromatic heterocycles. The Labute approximate surface area is 112 Å². The lowest BCUT2D eigenvalue weighted by atomic mass is 9.95. The fourth-order valence-corrected chi connectivity index (χ4v) is 3.49. The van der Waals surface area contributed by atoms with Crippen LogP contribution >= 0.6 is 22.9 Å². The van der Waals surface area contributed by atoms with Crippen LogP contribution < -0.4 is 0 Å². The van der Waals surface area contributed by atoms with Crippen LogP contribution in [-0.4, -0.2) is 29.8 Å². The molecule has 1 saturated heterocycles. The topological polar surface area (TPSA) is 20.3 Å². The van der Waals surface area contributed by atoms with Gasteiger partial charge in [0.1, 0.15) is 0 Å². The number of hydrogen-bond acceptors (Lipinski definition) is 2. The van der Waals surface area contributed by atoms with Crippen molar-refractivity contribution in [3.8, 4) is 0 Å². The first kappa shape index (κ1) is 12.9. The standard InChI is InChI=1S/C13H18ClNOS/c1-10-4-5-12(17-10)13(16)15-8-2-3-11(9-15)6-7-14/h4-5,11H,2-3,6-9H2,1H3. The molecule has 2 rings (SSSR count). The minimum Gasteiger partial charge on any atom is -0.338 e. The fraction of sp³-hybridized carbons (Fsp3) is 0.615. The smallest absolute Gasteiger partial charge is 0.263 e. The van der Waals surface area contributed by atoms with Gasteiger partial charge >= 0.3 is 0 Å². The van der Waals surface area contributed by atoms with Crippen molar-refractivity contribution in [1.82, 2.24) is 4.90 Å². The Bertz CT molecular complexity index is 389. The summed E-state index contributed by atoms with van der Waals surface area (Å²) in [5.74, 6) is 1.48. The third-order valence-electron chi connectivity index (χ3n) is 3.27. The van der Waals surface area contributed by atoms with E-state index in [-0.39, 0.29) is 5.91 Å². The fourth-order valence-electron chi connectivity index (χ4n) is 2.34. The first-order valence-corrected chi connectivity index (χ1v) is 7.47. The average molecular weight is 272 g/mol. The average Bonchev–Trinajstić information content (AvgIpc) is 2.76. The molecule has 1 aromatic rings. The second kappa shape index (κ2) is 5.87. The van der Waals surface area contributed by atoms with Gasteiger partial charge in [-0.2, -0.15) is 0 Å². The van der Waals surface area contributed by atoms with E-state index in [1.807, 2.05) is 24.0 Å². The maximum Gasteiger partial charge on any atom is 0.263 e. The maximum atomic E-state index is 12.3. The third kappa shape index (κ3) is 3.23. The number of amides is 1. The number of thiophene rings is 1. The molecule has 1 atom stereocenters. The Balaban J connectivity index is 1.99. The molecule has 0 bridgehead atoms. The predicted octanol–water partition coefficient (Wildman–Crippen LogP) is 3.54. The van der Waals surface area contributed by atoms with Crippen LogP contribution in [0.4, 0.5) is 0 Å². The number of carbonyl (C=O) groups is 1. The zero-order valence-corrected chi connectivity index (χ0v) is 11.7. The van der Waals surface area contributed by atoms with E-state index < -0.39 is 0 Å². The quantitative estimate of drug-likeness (QED) is 0.770. The highest BCUT2D eigenvalue weighted by Crippen LogP contribution is 2.24. The third-order valence-corrected chi connectivity index (χ3v) is 4.48. The second-order valence-corrected chi connectivity index (χ2v) is 6.31. The molecule has 2 nitrogen and oxygen atoms in total. The zero-order chi connectivity index (χ0) is 12.3. The van der Waals surface area contributed by atoms with Crippen LogP contribution in [0, 0.1) is 12.8 Å². The van der Waals surface area contributed by atoms with E-state index >= 15 is 0 Å². The summed E-state index contributed by atoms with van der Waals surface area (Å²) in [6.45, 7) is 3.81. The lowest BCUT2D eigenvalue weighted by Crippen LogP contribution is -2.39. The van der Waals surface area contributed by atoms with Crippen LogP contribution in [0.15, 0.2) is 12.1 Å². The summed E-state index contributed by atoms with van der Waals surface area (Å²) >= 11 is 7.37. The molecule has 17 heavy (non-hydrogen) atoms. The van der Waals surface area contributed by atoms with Gasteiger partial charge in [0.2, 0.25) is 0 Å². The zero-order valence-electron chi connectivity index (χ0n) is 10.1. The number of aryl methyl sites for hydroxylation is 1. The van der Waals surface area contributed by atoms with Gasteiger partial charge in [-0.3, -0.25) is 4.79 Å². The van der Waals surface area contributed by atoms with Gasteiger partial charge in [0.25, 0.3) is 5.91 Å². The van der Waals surface area contributed by atoms with Crippen molar-refractivity contribution in [3.63, 3.8) is 0 Å². The molecule has 0 aliphatic carbocycles. The number of likely N-dealkylation sites (tertiary alicyclic amines) is 1. The molecule has 2 heterocycles. The number of hydrogen-bond donors (Lipinski definition) is 0. The largest absolute Gasteiger partial charge is 0.338 e. The Hall–Kier alpha value is -0.540. The first-order chi connectivity index (χ1) is 8.20. The van der Waals surface area contributed by atoms with Gasteiger partial charge < -0.3 is 4.90 Å². The lowest BCUT2D eigenvalue weighted by Gasteiger charge is -2.32. The SMILES string of the molecule is Cc1ccc(C(=O)N2CCCC(CCCl)C2)s1. The van der Waals surface area contributed by atoms with Crippen LogP contribution in [-0.2, 0) is 0 Å². The summed E-state index contributed by atoms with van der Waals surface area (Å²) in [4.78, 5) is 16.3. The highest BCUT2D eigenvalue weighted by molar-refractivity contribution is 7.13. The molecule has 1 aliphatic rings. The summed E-state index contributed by atoms with van der Waals surface area (Å²) in [7, 11) is 0. The molecular formula is C13H18ClNOS. The maximum absolute atomic E-state index is 12.3. The van der Waals surface area contributed by atoms with Gasteiger partial charge in [0.15, 0.2) is 0 Å². The van der Waals surface area contributed by atoms with Gasteiger partial charge in [-0.25, -0.2) is 0 Å². The molecular weight excluding hydrogens is 254 g/mol. The molecule has 0 radical (unpaired) electrons. The van der Waals surface area contributed by atoms with Gasteiger partial charge in [0, 0.05) is 23.8 Å². The van der Waals surface area contributed by atoms with Crippen molar-refractivity contribution >= 4 is 28.8 Å². The lowest BCUT2D eigenvalue weighted by molar-refractivity contribution is 0.0676. The van der Waals surface area contributed by atoms with E-state index in [0.29, 0.717) is 11.8 Å². The monoisotopic (exact) mass is 271 g/mol. The van der Waals surface area contributed by atoms with Crippen LogP contribution in [0.2, 0.25) is 0 Å².